The van der Waals surface area contributed by atoms with Crippen molar-refractivity contribution in [1.29, 1.82) is 0 Å². The van der Waals surface area contributed by atoms with E-state index in [-0.39, 0.29) is 5.78 Å². The number of hydrogen-bond acceptors (Lipinski definition) is 3. The number of ketones is 1. The van der Waals surface area contributed by atoms with Crippen molar-refractivity contribution in [3.63, 3.8) is 0 Å². The summed E-state index contributed by atoms with van der Waals surface area (Å²) in [5.74, 6) is 1.23. The molecule has 0 aliphatic carbocycles. The topological polar surface area (TPSA) is 32.7 Å². The van der Waals surface area contributed by atoms with Crippen LogP contribution in [0.5, 0.6) is 0 Å². The maximum absolute atomic E-state index is 11.0. The van der Waals surface area contributed by atoms with Crippen LogP contribution in [0.15, 0.2) is 4.99 Å². The highest BCUT2D eigenvalue weighted by Crippen LogP contribution is 2.00. The lowest BCUT2D eigenvalue weighted by Crippen LogP contribution is -2.28. The van der Waals surface area contributed by atoms with Gasteiger partial charge in [-0.05, 0) is 13.3 Å². The van der Waals surface area contributed by atoms with E-state index < -0.39 is 0 Å². The number of carbonyl (C=O) groups is 1. The molecule has 0 saturated heterocycles. The third-order valence-corrected chi connectivity index (χ3v) is 1.99. The fraction of sp³-hybridized carbons (Fsp3) is 0.750. The van der Waals surface area contributed by atoms with E-state index in [1.54, 1.807) is 0 Å². The Morgan fingerprint density at radius 3 is 3.00 bits per heavy atom. The molecule has 1 rings (SSSR count). The van der Waals surface area contributed by atoms with Crippen molar-refractivity contribution in [3.8, 4) is 0 Å². The summed E-state index contributed by atoms with van der Waals surface area (Å²) < 4.78 is 0. The minimum Gasteiger partial charge on any atom is -0.364 e. The molecule has 0 saturated carbocycles. The Morgan fingerprint density at radius 2 is 2.27 bits per heavy atom. The van der Waals surface area contributed by atoms with Crippen LogP contribution in [0.4, 0.5) is 0 Å². The number of rotatable bonds is 0. The maximum Gasteiger partial charge on any atom is 0.154 e. The maximum atomic E-state index is 11.0. The lowest BCUT2D eigenvalue weighted by Gasteiger charge is -2.20. The van der Waals surface area contributed by atoms with E-state index in [1.165, 1.54) is 0 Å². The molecule has 0 radical (unpaired) electrons. The average Bonchev–Trinajstić information content (AvgIpc) is 1.98. The van der Waals surface area contributed by atoms with E-state index in [1.807, 2.05) is 14.0 Å². The fourth-order valence-electron chi connectivity index (χ4n) is 1.08. The molecule has 3 nitrogen and oxygen atoms in total. The first kappa shape index (κ1) is 8.24. The van der Waals surface area contributed by atoms with Crippen molar-refractivity contribution >= 4 is 11.6 Å². The average molecular weight is 154 g/mol. The molecule has 0 bridgehead atoms. The van der Waals surface area contributed by atoms with Crippen LogP contribution in [0, 0.1) is 0 Å². The van der Waals surface area contributed by atoms with Gasteiger partial charge >= 0.3 is 0 Å². The Hall–Kier alpha value is -0.860. The van der Waals surface area contributed by atoms with Crippen LogP contribution in [-0.2, 0) is 4.79 Å². The Balaban J connectivity index is 2.61. The summed E-state index contributed by atoms with van der Waals surface area (Å²) in [6.07, 6.45) is 1.64. The summed E-state index contributed by atoms with van der Waals surface area (Å²) in [6, 6.07) is 0. The predicted molar refractivity (Wildman–Crippen MR) is 44.8 cm³/mol. The summed E-state index contributed by atoms with van der Waals surface area (Å²) in [6.45, 7) is 3.26. The molecule has 0 aromatic rings. The summed E-state index contributed by atoms with van der Waals surface area (Å²) >= 11 is 0. The third-order valence-electron chi connectivity index (χ3n) is 1.99. The van der Waals surface area contributed by atoms with Gasteiger partial charge in [0.15, 0.2) is 5.78 Å². The van der Waals surface area contributed by atoms with Gasteiger partial charge in [0.25, 0.3) is 0 Å². The van der Waals surface area contributed by atoms with Crippen molar-refractivity contribution in [2.45, 2.75) is 19.8 Å². The normalized spacial score (nSPS) is 25.5. The van der Waals surface area contributed by atoms with Crippen LogP contribution in [-0.4, -0.2) is 36.7 Å². The lowest BCUT2D eigenvalue weighted by atomic mass is 10.2. The smallest absolute Gasteiger partial charge is 0.154 e. The molecule has 0 aromatic carbocycles. The van der Waals surface area contributed by atoms with Crippen molar-refractivity contribution in [2.24, 2.45) is 4.99 Å². The van der Waals surface area contributed by atoms with Gasteiger partial charge < -0.3 is 4.90 Å². The number of carbonyl (C=O) groups excluding carboxylic acids is 1. The molecule has 62 valence electrons. The summed E-state index contributed by atoms with van der Waals surface area (Å²) in [7, 11) is 2.01. The first-order valence-corrected chi connectivity index (χ1v) is 3.94. The van der Waals surface area contributed by atoms with Crippen LogP contribution >= 0.6 is 0 Å². The van der Waals surface area contributed by atoms with Gasteiger partial charge in [0.05, 0.1) is 12.4 Å². The lowest BCUT2D eigenvalue weighted by molar-refractivity contribution is -0.117. The molecule has 0 N–H and O–H groups in total. The third kappa shape index (κ3) is 2.33. The minimum atomic E-state index is 0.262. The molecule has 0 spiro atoms. The highest BCUT2D eigenvalue weighted by atomic mass is 16.1. The van der Waals surface area contributed by atoms with Crippen molar-refractivity contribution in [3.05, 3.63) is 0 Å². The Labute approximate surface area is 67.1 Å². The molecule has 0 aromatic heterocycles. The Bertz CT molecular complexity index is 187. The molecule has 1 aliphatic heterocycles. The summed E-state index contributed by atoms with van der Waals surface area (Å²) in [5.41, 5.74) is 0. The first-order valence-electron chi connectivity index (χ1n) is 3.94. The van der Waals surface area contributed by atoms with Gasteiger partial charge in [-0.15, -0.1) is 0 Å². The van der Waals surface area contributed by atoms with E-state index >= 15 is 0 Å². The van der Waals surface area contributed by atoms with Crippen LogP contribution < -0.4 is 0 Å². The number of Topliss-reactive ketones (excluding diaryl/α,β-unsaturated/α-hetero) is 1. The van der Waals surface area contributed by atoms with Crippen molar-refractivity contribution in [2.75, 3.05) is 20.1 Å². The summed E-state index contributed by atoms with van der Waals surface area (Å²) in [5, 5.41) is 0. The molecule has 0 atom stereocenters. The largest absolute Gasteiger partial charge is 0.364 e. The van der Waals surface area contributed by atoms with Crippen LogP contribution in [0.1, 0.15) is 19.8 Å². The molecule has 3 heteroatoms. The van der Waals surface area contributed by atoms with Gasteiger partial charge in [-0.1, -0.05) is 0 Å². The fourth-order valence-corrected chi connectivity index (χ4v) is 1.08. The second-order valence-electron chi connectivity index (χ2n) is 2.93. The molecule has 0 fully saturated rings. The van der Waals surface area contributed by atoms with Crippen LogP contribution in [0.3, 0.4) is 0 Å². The quantitative estimate of drug-likeness (QED) is 0.514. The zero-order valence-corrected chi connectivity index (χ0v) is 7.13. The highest BCUT2D eigenvalue weighted by Gasteiger charge is 2.08. The molecule has 0 amide bonds. The minimum absolute atomic E-state index is 0.262. The summed E-state index contributed by atoms with van der Waals surface area (Å²) in [4.78, 5) is 17.2. The second kappa shape index (κ2) is 3.51. The monoisotopic (exact) mass is 154 g/mol. The zero-order chi connectivity index (χ0) is 8.27. The van der Waals surface area contributed by atoms with Crippen LogP contribution in [0.2, 0.25) is 0 Å². The van der Waals surface area contributed by atoms with E-state index in [0.29, 0.717) is 13.0 Å². The number of amidine groups is 1. The van der Waals surface area contributed by atoms with E-state index in [2.05, 4.69) is 9.89 Å². The van der Waals surface area contributed by atoms with Crippen LogP contribution in [0.25, 0.3) is 0 Å². The zero-order valence-electron chi connectivity index (χ0n) is 7.13. The highest BCUT2D eigenvalue weighted by molar-refractivity contribution is 5.86. The second-order valence-corrected chi connectivity index (χ2v) is 2.93. The van der Waals surface area contributed by atoms with Gasteiger partial charge in [-0.2, -0.15) is 0 Å². The molecular formula is C8H14N2O. The van der Waals surface area contributed by atoms with E-state index in [0.717, 1.165) is 18.8 Å². The first-order chi connectivity index (χ1) is 5.20. The molecule has 11 heavy (non-hydrogen) atoms. The number of nitrogens with zero attached hydrogens (tertiary/aromatic N) is 2. The van der Waals surface area contributed by atoms with E-state index in [9.17, 15) is 4.79 Å². The molecule has 0 unspecified atom stereocenters. The Kier molecular flexibility index (Phi) is 2.63. The van der Waals surface area contributed by atoms with Gasteiger partial charge in [0.1, 0.15) is 0 Å². The SMILES string of the molecule is C/C1=N/CC(=O)CCCN1C. The van der Waals surface area contributed by atoms with Gasteiger partial charge in [0, 0.05) is 20.0 Å². The van der Waals surface area contributed by atoms with Crippen molar-refractivity contribution < 1.29 is 4.79 Å². The number of aliphatic imine (C=N–C) groups is 1. The van der Waals surface area contributed by atoms with Crippen molar-refractivity contribution in [1.82, 2.24) is 4.90 Å². The number of hydrogen-bond donors (Lipinski definition) is 0. The van der Waals surface area contributed by atoms with E-state index in [4.69, 9.17) is 0 Å². The Morgan fingerprint density at radius 1 is 1.55 bits per heavy atom. The van der Waals surface area contributed by atoms with Gasteiger partial charge in [0.2, 0.25) is 0 Å². The molecule has 1 aliphatic rings. The predicted octanol–water partition coefficient (Wildman–Crippen LogP) is 0.700. The van der Waals surface area contributed by atoms with Gasteiger partial charge in [-0.25, -0.2) is 0 Å². The molecular weight excluding hydrogens is 140 g/mol. The van der Waals surface area contributed by atoms with Gasteiger partial charge in [-0.3, -0.25) is 9.79 Å². The molecule has 1 heterocycles. The standard InChI is InChI=1S/C8H14N2O/c1-7-9-6-8(11)4-3-5-10(7)2/h3-6H2,1-2H3/b9-7-.